The summed E-state index contributed by atoms with van der Waals surface area (Å²) in [5.41, 5.74) is 2.23. The normalized spacial score (nSPS) is 10.1. The number of ether oxygens (including phenoxy) is 1. The molecule has 0 saturated carbocycles. The number of halogens is 1. The fraction of sp³-hybridized carbons (Fsp3) is 0.357. The van der Waals surface area contributed by atoms with E-state index in [1.807, 2.05) is 20.8 Å². The van der Waals surface area contributed by atoms with Gasteiger partial charge in [-0.2, -0.15) is 0 Å². The summed E-state index contributed by atoms with van der Waals surface area (Å²) in [6.07, 6.45) is 2.11. The quantitative estimate of drug-likeness (QED) is 0.731. The van der Waals surface area contributed by atoms with Gasteiger partial charge in [0.15, 0.2) is 5.78 Å². The molecular weight excluding hydrogens is 236 g/mol. The van der Waals surface area contributed by atoms with Crippen molar-refractivity contribution >= 4 is 23.5 Å². The molecule has 0 amide bonds. The van der Waals surface area contributed by atoms with Gasteiger partial charge in [0.05, 0.1) is 12.2 Å². The predicted molar refractivity (Wildman–Crippen MR) is 72.1 cm³/mol. The lowest BCUT2D eigenvalue weighted by Gasteiger charge is -2.15. The number of rotatable bonds is 5. The second-order valence-electron chi connectivity index (χ2n) is 3.69. The maximum atomic E-state index is 11.9. The molecule has 1 aromatic carbocycles. The van der Waals surface area contributed by atoms with Crippen LogP contribution in [0.2, 0.25) is 5.02 Å². The minimum atomic E-state index is 0.0263. The van der Waals surface area contributed by atoms with Gasteiger partial charge < -0.3 is 4.74 Å². The van der Waals surface area contributed by atoms with Crippen LogP contribution in [0.3, 0.4) is 0 Å². The summed E-state index contributed by atoms with van der Waals surface area (Å²) in [5.74, 6) is 0.620. The van der Waals surface area contributed by atoms with Crippen molar-refractivity contribution in [1.82, 2.24) is 0 Å². The second kappa shape index (κ2) is 5.87. The van der Waals surface area contributed by atoms with Crippen LogP contribution in [0.15, 0.2) is 12.6 Å². The molecule has 0 radical (unpaired) electrons. The Morgan fingerprint density at radius 2 is 2.18 bits per heavy atom. The molecule has 2 nitrogen and oxygen atoms in total. The van der Waals surface area contributed by atoms with Crippen LogP contribution in [0, 0.1) is 6.92 Å². The van der Waals surface area contributed by atoms with Crippen LogP contribution in [-0.2, 0) is 0 Å². The third kappa shape index (κ3) is 2.70. The van der Waals surface area contributed by atoms with Crippen LogP contribution in [-0.4, -0.2) is 12.4 Å². The predicted octanol–water partition coefficient (Wildman–Crippen LogP) is 4.28. The van der Waals surface area contributed by atoms with E-state index in [1.165, 1.54) is 0 Å². The highest BCUT2D eigenvalue weighted by atomic mass is 35.5. The number of carbonyl (C=O) groups is 1. The van der Waals surface area contributed by atoms with E-state index >= 15 is 0 Å². The summed E-state index contributed by atoms with van der Waals surface area (Å²) in [5, 5.41) is 0.570. The highest BCUT2D eigenvalue weighted by Gasteiger charge is 2.18. The first-order chi connectivity index (χ1) is 8.06. The Labute approximate surface area is 107 Å². The Hall–Kier alpha value is -1.28. The first-order valence-corrected chi connectivity index (χ1v) is 6.06. The maximum Gasteiger partial charge on any atom is 0.166 e. The van der Waals surface area contributed by atoms with E-state index in [0.717, 1.165) is 11.1 Å². The summed E-state index contributed by atoms with van der Waals surface area (Å²) in [6, 6.07) is 1.68. The zero-order valence-electron chi connectivity index (χ0n) is 10.5. The van der Waals surface area contributed by atoms with E-state index in [4.69, 9.17) is 16.3 Å². The third-order valence-corrected chi connectivity index (χ3v) is 3.03. The van der Waals surface area contributed by atoms with Gasteiger partial charge in [-0.25, -0.2) is 0 Å². The van der Waals surface area contributed by atoms with Crippen LogP contribution in [0.25, 0.3) is 6.08 Å². The summed E-state index contributed by atoms with van der Waals surface area (Å²) < 4.78 is 5.57. The van der Waals surface area contributed by atoms with Crippen LogP contribution in [0.4, 0.5) is 0 Å². The molecule has 0 atom stereocenters. The molecule has 1 aromatic rings. The van der Waals surface area contributed by atoms with E-state index in [9.17, 15) is 4.79 Å². The van der Waals surface area contributed by atoms with Crippen molar-refractivity contribution in [3.63, 3.8) is 0 Å². The van der Waals surface area contributed by atoms with Crippen LogP contribution >= 0.6 is 11.6 Å². The van der Waals surface area contributed by atoms with Gasteiger partial charge in [0, 0.05) is 17.0 Å². The number of benzene rings is 1. The molecule has 0 fully saturated rings. The Morgan fingerprint density at radius 1 is 1.53 bits per heavy atom. The number of hydrogen-bond donors (Lipinski definition) is 0. The average Bonchev–Trinajstić information content (AvgIpc) is 2.33. The van der Waals surface area contributed by atoms with Crippen molar-refractivity contribution in [2.45, 2.75) is 27.2 Å². The molecule has 0 N–H and O–H groups in total. The Bertz CT molecular complexity index is 450. The standard InChI is InChI=1S/C14H17ClO2/c1-5-10-9(4)12(15)8-11(13(16)6-2)14(10)17-7-3/h5,8H,1,6-7H2,2-4H3. The van der Waals surface area contributed by atoms with Crippen LogP contribution in [0.1, 0.15) is 41.8 Å². The highest BCUT2D eigenvalue weighted by Crippen LogP contribution is 2.34. The van der Waals surface area contributed by atoms with Crippen molar-refractivity contribution in [2.24, 2.45) is 0 Å². The molecule has 0 unspecified atom stereocenters. The molecule has 0 bridgehead atoms. The molecular formula is C14H17ClO2. The molecule has 92 valence electrons. The van der Waals surface area contributed by atoms with E-state index in [0.29, 0.717) is 29.4 Å². The van der Waals surface area contributed by atoms with Gasteiger partial charge in [0.1, 0.15) is 5.75 Å². The molecule has 0 saturated heterocycles. The Morgan fingerprint density at radius 3 is 2.65 bits per heavy atom. The van der Waals surface area contributed by atoms with Gasteiger partial charge in [-0.3, -0.25) is 4.79 Å². The highest BCUT2D eigenvalue weighted by molar-refractivity contribution is 6.32. The minimum Gasteiger partial charge on any atom is -0.492 e. The topological polar surface area (TPSA) is 26.3 Å². The first-order valence-electron chi connectivity index (χ1n) is 5.68. The fourth-order valence-electron chi connectivity index (χ4n) is 1.69. The lowest BCUT2D eigenvalue weighted by atomic mass is 9.99. The van der Waals surface area contributed by atoms with Crippen LogP contribution in [0.5, 0.6) is 5.75 Å². The molecule has 1 rings (SSSR count). The summed E-state index contributed by atoms with van der Waals surface area (Å²) in [4.78, 5) is 11.9. The van der Waals surface area contributed by atoms with Gasteiger partial charge in [-0.1, -0.05) is 31.2 Å². The zero-order chi connectivity index (χ0) is 13.0. The van der Waals surface area contributed by atoms with Crippen molar-refractivity contribution in [3.8, 4) is 5.75 Å². The largest absolute Gasteiger partial charge is 0.492 e. The lowest BCUT2D eigenvalue weighted by molar-refractivity contribution is 0.0984. The van der Waals surface area contributed by atoms with E-state index in [1.54, 1.807) is 12.1 Å². The van der Waals surface area contributed by atoms with Crippen LogP contribution < -0.4 is 4.74 Å². The van der Waals surface area contributed by atoms with Crippen molar-refractivity contribution in [1.29, 1.82) is 0 Å². The fourth-order valence-corrected chi connectivity index (χ4v) is 1.90. The molecule has 0 aliphatic carbocycles. The van der Waals surface area contributed by atoms with Crippen molar-refractivity contribution < 1.29 is 9.53 Å². The van der Waals surface area contributed by atoms with Crippen molar-refractivity contribution in [3.05, 3.63) is 34.4 Å². The monoisotopic (exact) mass is 252 g/mol. The van der Waals surface area contributed by atoms with E-state index < -0.39 is 0 Å². The summed E-state index contributed by atoms with van der Waals surface area (Å²) in [7, 11) is 0. The smallest absolute Gasteiger partial charge is 0.166 e. The minimum absolute atomic E-state index is 0.0263. The number of hydrogen-bond acceptors (Lipinski definition) is 2. The first kappa shape index (κ1) is 13.8. The molecule has 0 aliphatic heterocycles. The average molecular weight is 253 g/mol. The number of ketones is 1. The molecule has 17 heavy (non-hydrogen) atoms. The van der Waals surface area contributed by atoms with Gasteiger partial charge >= 0.3 is 0 Å². The van der Waals surface area contributed by atoms with E-state index in [2.05, 4.69) is 6.58 Å². The maximum absolute atomic E-state index is 11.9. The summed E-state index contributed by atoms with van der Waals surface area (Å²) in [6.45, 7) is 9.85. The molecule has 0 spiro atoms. The SMILES string of the molecule is C=Cc1c(C)c(Cl)cc(C(=O)CC)c1OCC. The molecule has 3 heteroatoms. The zero-order valence-corrected chi connectivity index (χ0v) is 11.2. The second-order valence-corrected chi connectivity index (χ2v) is 4.09. The van der Waals surface area contributed by atoms with E-state index in [-0.39, 0.29) is 5.78 Å². The van der Waals surface area contributed by atoms with Gasteiger partial charge in [0.2, 0.25) is 0 Å². The number of Topliss-reactive ketones (excluding diaryl/α,β-unsaturated/α-hetero) is 1. The molecule has 0 aromatic heterocycles. The third-order valence-electron chi connectivity index (χ3n) is 2.64. The summed E-state index contributed by atoms with van der Waals surface area (Å²) >= 11 is 6.12. The van der Waals surface area contributed by atoms with Gasteiger partial charge in [-0.05, 0) is 25.5 Å². The lowest BCUT2D eigenvalue weighted by Crippen LogP contribution is -2.06. The van der Waals surface area contributed by atoms with Gasteiger partial charge in [-0.15, -0.1) is 0 Å². The number of carbonyl (C=O) groups excluding carboxylic acids is 1. The molecule has 0 aliphatic rings. The molecule has 0 heterocycles. The van der Waals surface area contributed by atoms with Gasteiger partial charge in [0.25, 0.3) is 0 Å². The Kier molecular flexibility index (Phi) is 4.76. The van der Waals surface area contributed by atoms with Crippen molar-refractivity contribution in [2.75, 3.05) is 6.61 Å². The Balaban J connectivity index is 3.52.